The van der Waals surface area contributed by atoms with Crippen molar-refractivity contribution < 1.29 is 4.74 Å². The average molecular weight is 464 g/mol. The zero-order chi connectivity index (χ0) is 21.4. The molecule has 0 aliphatic rings. The van der Waals surface area contributed by atoms with Gasteiger partial charge < -0.3 is 9.72 Å². The van der Waals surface area contributed by atoms with E-state index in [1.165, 1.54) is 4.68 Å². The minimum absolute atomic E-state index is 0.269. The molecule has 0 aliphatic carbocycles. The van der Waals surface area contributed by atoms with Gasteiger partial charge in [0, 0.05) is 17.0 Å². The van der Waals surface area contributed by atoms with Crippen LogP contribution in [-0.4, -0.2) is 26.9 Å². The third-order valence-electron chi connectivity index (χ3n) is 4.74. The second-order valence-electron chi connectivity index (χ2n) is 6.63. The topological polar surface area (TPSA) is 72.8 Å². The highest BCUT2D eigenvalue weighted by Gasteiger charge is 2.21. The number of methoxy groups -OCH3 is 1. The number of aromatic nitrogens is 4. The number of hydrogen-bond acceptors (Lipinski definition) is 4. The molecule has 0 fully saturated rings. The molecule has 2 aromatic heterocycles. The maximum atomic E-state index is 12.9. The third-order valence-corrected chi connectivity index (χ3v) is 5.53. The summed E-state index contributed by atoms with van der Waals surface area (Å²) < 4.78 is 6.92. The zero-order valence-corrected chi connectivity index (χ0v) is 18.4. The molecule has 9 heteroatoms. The van der Waals surface area contributed by atoms with Crippen molar-refractivity contribution in [2.24, 2.45) is 0 Å². The predicted octanol–water partition coefficient (Wildman–Crippen LogP) is 5.23. The molecule has 0 aliphatic heterocycles. The second kappa shape index (κ2) is 8.30. The molecule has 2 heterocycles. The van der Waals surface area contributed by atoms with E-state index in [0.29, 0.717) is 61.9 Å². The number of hydrogen-bond donors (Lipinski definition) is 1. The Bertz CT molecular complexity index is 1290. The molecule has 4 rings (SSSR count). The lowest BCUT2D eigenvalue weighted by atomic mass is 10.1. The minimum atomic E-state index is -0.269. The first-order valence-corrected chi connectivity index (χ1v) is 10.3. The SMILES string of the molecule is CCc1nn(-c2c(Cl)cc(Cl)cc2Cl)c2nc(Cc3ccccc3OC)[nH]c(=O)c12. The van der Waals surface area contributed by atoms with Gasteiger partial charge in [0.15, 0.2) is 5.65 Å². The zero-order valence-electron chi connectivity index (χ0n) is 16.2. The first-order valence-electron chi connectivity index (χ1n) is 9.20. The number of H-pyrrole nitrogens is 1. The fourth-order valence-electron chi connectivity index (χ4n) is 3.39. The van der Waals surface area contributed by atoms with Crippen LogP contribution in [-0.2, 0) is 12.8 Å². The first-order chi connectivity index (χ1) is 14.4. The van der Waals surface area contributed by atoms with Crippen LogP contribution in [0.3, 0.4) is 0 Å². The molecule has 0 spiro atoms. The van der Waals surface area contributed by atoms with Gasteiger partial charge >= 0.3 is 0 Å². The van der Waals surface area contributed by atoms with Crippen LogP contribution in [0.2, 0.25) is 15.1 Å². The van der Waals surface area contributed by atoms with Crippen molar-refractivity contribution in [2.75, 3.05) is 7.11 Å². The van der Waals surface area contributed by atoms with E-state index < -0.39 is 0 Å². The van der Waals surface area contributed by atoms with Crippen molar-refractivity contribution in [1.82, 2.24) is 19.7 Å². The van der Waals surface area contributed by atoms with Gasteiger partial charge in [-0.05, 0) is 24.6 Å². The van der Waals surface area contributed by atoms with E-state index in [9.17, 15) is 4.79 Å². The molecule has 0 bridgehead atoms. The Balaban J connectivity index is 1.94. The van der Waals surface area contributed by atoms with E-state index in [0.717, 1.165) is 5.56 Å². The van der Waals surface area contributed by atoms with Crippen LogP contribution >= 0.6 is 34.8 Å². The molecular formula is C21H17Cl3N4O2. The van der Waals surface area contributed by atoms with Crippen molar-refractivity contribution in [3.05, 3.63) is 78.9 Å². The lowest BCUT2D eigenvalue weighted by Crippen LogP contribution is -2.14. The van der Waals surface area contributed by atoms with Crippen LogP contribution in [0.25, 0.3) is 16.7 Å². The van der Waals surface area contributed by atoms with Gasteiger partial charge in [-0.3, -0.25) is 4.79 Å². The third kappa shape index (κ3) is 3.67. The predicted molar refractivity (Wildman–Crippen MR) is 120 cm³/mol. The summed E-state index contributed by atoms with van der Waals surface area (Å²) in [6.07, 6.45) is 0.923. The van der Waals surface area contributed by atoms with Crippen molar-refractivity contribution in [3.8, 4) is 11.4 Å². The van der Waals surface area contributed by atoms with Crippen LogP contribution in [0.4, 0.5) is 0 Å². The highest BCUT2D eigenvalue weighted by Crippen LogP contribution is 2.34. The van der Waals surface area contributed by atoms with Crippen LogP contribution < -0.4 is 10.3 Å². The van der Waals surface area contributed by atoms with Crippen LogP contribution in [0.1, 0.15) is 24.0 Å². The molecule has 0 atom stereocenters. The van der Waals surface area contributed by atoms with Crippen molar-refractivity contribution in [3.63, 3.8) is 0 Å². The van der Waals surface area contributed by atoms with Gasteiger partial charge in [-0.1, -0.05) is 59.9 Å². The number of nitrogens with one attached hydrogen (secondary N) is 1. The number of ether oxygens (including phenoxy) is 1. The molecular weight excluding hydrogens is 447 g/mol. The van der Waals surface area contributed by atoms with Gasteiger partial charge in [0.1, 0.15) is 22.6 Å². The molecule has 4 aromatic rings. The number of aromatic amines is 1. The summed E-state index contributed by atoms with van der Waals surface area (Å²) in [5.41, 5.74) is 2.03. The Morgan fingerprint density at radius 1 is 1.13 bits per heavy atom. The Hall–Kier alpha value is -2.54. The quantitative estimate of drug-likeness (QED) is 0.440. The molecule has 6 nitrogen and oxygen atoms in total. The highest BCUT2D eigenvalue weighted by atomic mass is 35.5. The van der Waals surface area contributed by atoms with Crippen molar-refractivity contribution in [1.29, 1.82) is 0 Å². The van der Waals surface area contributed by atoms with Crippen molar-refractivity contribution >= 4 is 45.8 Å². The van der Waals surface area contributed by atoms with Crippen LogP contribution in [0, 0.1) is 0 Å². The van der Waals surface area contributed by atoms with Crippen LogP contribution in [0.15, 0.2) is 41.2 Å². The molecule has 154 valence electrons. The average Bonchev–Trinajstić information content (AvgIpc) is 3.06. The molecule has 0 saturated carbocycles. The number of nitrogens with zero attached hydrogens (tertiary/aromatic N) is 3. The molecule has 0 unspecified atom stereocenters. The second-order valence-corrected chi connectivity index (χ2v) is 7.88. The van der Waals surface area contributed by atoms with Gasteiger partial charge in [0.05, 0.1) is 22.8 Å². The van der Waals surface area contributed by atoms with E-state index >= 15 is 0 Å². The molecule has 1 N–H and O–H groups in total. The smallest absolute Gasteiger partial charge is 0.262 e. The lowest BCUT2D eigenvalue weighted by Gasteiger charge is -2.10. The molecule has 0 amide bonds. The molecule has 0 saturated heterocycles. The van der Waals surface area contributed by atoms with Gasteiger partial charge in [-0.2, -0.15) is 5.10 Å². The summed E-state index contributed by atoms with van der Waals surface area (Å²) in [4.78, 5) is 20.5. The number of rotatable bonds is 5. The van der Waals surface area contributed by atoms with Gasteiger partial charge in [0.2, 0.25) is 0 Å². The summed E-state index contributed by atoms with van der Waals surface area (Å²) in [6.45, 7) is 1.92. The fourth-order valence-corrected chi connectivity index (χ4v) is 4.37. The van der Waals surface area contributed by atoms with Gasteiger partial charge in [0.25, 0.3) is 5.56 Å². The highest BCUT2D eigenvalue weighted by molar-refractivity contribution is 6.40. The number of benzene rings is 2. The summed E-state index contributed by atoms with van der Waals surface area (Å²) in [7, 11) is 1.60. The van der Waals surface area contributed by atoms with E-state index in [4.69, 9.17) is 44.5 Å². The minimum Gasteiger partial charge on any atom is -0.496 e. The lowest BCUT2D eigenvalue weighted by molar-refractivity contribution is 0.410. The number of aryl methyl sites for hydroxylation is 1. The Labute approximate surface area is 187 Å². The van der Waals surface area contributed by atoms with E-state index in [2.05, 4.69) is 10.1 Å². The van der Waals surface area contributed by atoms with Crippen LogP contribution in [0.5, 0.6) is 5.75 Å². The Morgan fingerprint density at radius 3 is 2.50 bits per heavy atom. The number of halogens is 3. The molecule has 30 heavy (non-hydrogen) atoms. The Kier molecular flexibility index (Phi) is 5.73. The summed E-state index contributed by atoms with van der Waals surface area (Å²) in [5, 5.41) is 6.01. The fraction of sp³-hybridized carbons (Fsp3) is 0.190. The van der Waals surface area contributed by atoms with E-state index in [1.54, 1.807) is 19.2 Å². The van der Waals surface area contributed by atoms with E-state index in [-0.39, 0.29) is 5.56 Å². The first kappa shape index (κ1) is 20.7. The number of para-hydroxylation sites is 1. The maximum Gasteiger partial charge on any atom is 0.262 e. The van der Waals surface area contributed by atoms with E-state index in [1.807, 2.05) is 31.2 Å². The standard InChI is InChI=1S/C21H17Cl3N4O2/c1-3-15-18-20(28(27-15)19-13(23)9-12(22)10-14(19)24)25-17(26-21(18)29)8-11-6-4-5-7-16(11)30-2/h4-7,9-10H,3,8H2,1-2H3,(H,25,26,29). The van der Waals surface area contributed by atoms with Gasteiger partial charge in [-0.25, -0.2) is 9.67 Å². The molecule has 2 aromatic carbocycles. The summed E-state index contributed by atoms with van der Waals surface area (Å²) in [5.74, 6) is 1.19. The largest absolute Gasteiger partial charge is 0.496 e. The monoisotopic (exact) mass is 462 g/mol. The summed E-state index contributed by atoms with van der Waals surface area (Å²) >= 11 is 18.9. The Morgan fingerprint density at radius 2 is 1.83 bits per heavy atom. The van der Waals surface area contributed by atoms with Gasteiger partial charge in [-0.15, -0.1) is 0 Å². The summed E-state index contributed by atoms with van der Waals surface area (Å²) in [6, 6.07) is 10.7. The maximum absolute atomic E-state index is 12.9. The van der Waals surface area contributed by atoms with Crippen molar-refractivity contribution in [2.45, 2.75) is 19.8 Å². The number of fused-ring (bicyclic) bond motifs is 1. The molecule has 0 radical (unpaired) electrons. The normalized spacial score (nSPS) is 11.2.